The van der Waals surface area contributed by atoms with E-state index in [4.69, 9.17) is 0 Å². The van der Waals surface area contributed by atoms with Crippen molar-refractivity contribution < 1.29 is 0 Å². The van der Waals surface area contributed by atoms with E-state index in [9.17, 15) is 0 Å². The first-order valence-corrected chi connectivity index (χ1v) is 21.7. The number of hydrogen-bond donors (Lipinski definition) is 0. The molecular weight excluding hydrogens is 743 g/mol. The van der Waals surface area contributed by atoms with Crippen LogP contribution in [0.15, 0.2) is 212 Å². The summed E-state index contributed by atoms with van der Waals surface area (Å²) in [5.74, 6) is 0. The Morgan fingerprint density at radius 1 is 0.367 bits per heavy atom. The van der Waals surface area contributed by atoms with Crippen LogP contribution in [0, 0.1) is 0 Å². The van der Waals surface area contributed by atoms with E-state index in [2.05, 4.69) is 231 Å². The number of hydrogen-bond acceptors (Lipinski definition) is 2. The third kappa shape index (κ3) is 4.98. The Morgan fingerprint density at radius 3 is 1.57 bits per heavy atom. The largest absolute Gasteiger partial charge is 0.310 e. The van der Waals surface area contributed by atoms with Crippen molar-refractivity contribution in [1.82, 2.24) is 0 Å². The van der Waals surface area contributed by atoms with Crippen molar-refractivity contribution in [3.05, 3.63) is 246 Å². The highest BCUT2D eigenvalue weighted by Gasteiger charge is 2.46. The first-order valence-electron chi connectivity index (χ1n) is 20.9. The van der Waals surface area contributed by atoms with E-state index in [0.29, 0.717) is 0 Å². The zero-order valence-electron chi connectivity index (χ0n) is 33.6. The highest BCUT2D eigenvalue weighted by atomic mass is 32.1. The molecule has 1 heterocycles. The third-order valence-corrected chi connectivity index (χ3v) is 14.6. The predicted octanol–water partition coefficient (Wildman–Crippen LogP) is 15.9. The molecule has 10 aromatic rings. The Bertz CT molecular complexity index is 3240. The van der Waals surface area contributed by atoms with Gasteiger partial charge in [-0.25, -0.2) is 0 Å². The molecule has 2 aliphatic carbocycles. The molecule has 0 saturated heterocycles. The third-order valence-electron chi connectivity index (χ3n) is 13.4. The minimum Gasteiger partial charge on any atom is -0.310 e. The Morgan fingerprint density at radius 2 is 0.867 bits per heavy atom. The lowest BCUT2D eigenvalue weighted by Gasteiger charge is -2.35. The molecule has 284 valence electrons. The van der Waals surface area contributed by atoms with E-state index < -0.39 is 5.41 Å². The summed E-state index contributed by atoms with van der Waals surface area (Å²) in [7, 11) is 0. The molecular formula is C58H41NS. The van der Waals surface area contributed by atoms with Gasteiger partial charge in [0.1, 0.15) is 0 Å². The fourth-order valence-electron chi connectivity index (χ4n) is 10.6. The summed E-state index contributed by atoms with van der Waals surface area (Å²) in [5.41, 5.74) is 18.4. The lowest BCUT2D eigenvalue weighted by atomic mass is 9.67. The van der Waals surface area contributed by atoms with Crippen LogP contribution in [-0.4, -0.2) is 0 Å². The van der Waals surface area contributed by atoms with E-state index >= 15 is 0 Å². The fraction of sp³-hybridized carbons (Fsp3) is 0.0690. The molecule has 0 atom stereocenters. The second-order valence-electron chi connectivity index (χ2n) is 16.8. The molecule has 0 saturated carbocycles. The minimum absolute atomic E-state index is 0.129. The molecule has 0 N–H and O–H groups in total. The minimum atomic E-state index is -0.496. The van der Waals surface area contributed by atoms with Crippen molar-refractivity contribution in [2.24, 2.45) is 0 Å². The molecule has 0 amide bonds. The van der Waals surface area contributed by atoms with E-state index in [1.54, 1.807) is 0 Å². The molecule has 0 spiro atoms. The quantitative estimate of drug-likeness (QED) is 0.162. The van der Waals surface area contributed by atoms with E-state index in [-0.39, 0.29) is 5.41 Å². The van der Waals surface area contributed by atoms with Gasteiger partial charge < -0.3 is 4.90 Å². The fourth-order valence-corrected chi connectivity index (χ4v) is 11.9. The zero-order chi connectivity index (χ0) is 40.0. The number of fused-ring (bicyclic) bond motifs is 9. The van der Waals surface area contributed by atoms with E-state index in [1.165, 1.54) is 86.9 Å². The van der Waals surface area contributed by atoms with Crippen molar-refractivity contribution >= 4 is 48.6 Å². The molecule has 12 rings (SSSR count). The molecule has 0 bridgehead atoms. The van der Waals surface area contributed by atoms with Crippen molar-refractivity contribution in [2.45, 2.75) is 24.7 Å². The van der Waals surface area contributed by atoms with Crippen LogP contribution in [0.2, 0.25) is 0 Å². The van der Waals surface area contributed by atoms with Gasteiger partial charge in [0.2, 0.25) is 0 Å². The molecule has 2 aliphatic rings. The van der Waals surface area contributed by atoms with Crippen LogP contribution in [0.1, 0.15) is 47.2 Å². The molecule has 2 heteroatoms. The average molecular weight is 784 g/mol. The number of nitrogens with zero attached hydrogens (tertiary/aromatic N) is 1. The summed E-state index contributed by atoms with van der Waals surface area (Å²) < 4.78 is 2.66. The lowest BCUT2D eigenvalue weighted by molar-refractivity contribution is 0.660. The Balaban J connectivity index is 1.08. The van der Waals surface area contributed by atoms with Gasteiger partial charge in [-0.2, -0.15) is 0 Å². The van der Waals surface area contributed by atoms with Gasteiger partial charge in [0.25, 0.3) is 0 Å². The van der Waals surface area contributed by atoms with Crippen LogP contribution < -0.4 is 4.90 Å². The normalized spacial score (nSPS) is 14.1. The maximum Gasteiger partial charge on any atom is 0.0714 e. The SMILES string of the molecule is CC1(C)c2ccccc2-c2ccc(N(c3ccc(-c4cccc5c4sc4ccccc45)cc3)c3ccc4c(c3)C(c3ccccc3)(c3ccccc3)c3ccccc3-4)cc21. The number of benzene rings is 9. The van der Waals surface area contributed by atoms with Crippen LogP contribution in [0.5, 0.6) is 0 Å². The van der Waals surface area contributed by atoms with Gasteiger partial charge in [0, 0.05) is 42.6 Å². The van der Waals surface area contributed by atoms with E-state index in [1.807, 2.05) is 11.3 Å². The Hall–Kier alpha value is -7.00. The molecule has 1 aromatic heterocycles. The van der Waals surface area contributed by atoms with Crippen LogP contribution in [0.25, 0.3) is 53.6 Å². The maximum absolute atomic E-state index is 2.48. The Labute approximate surface area is 355 Å². The van der Waals surface area contributed by atoms with Crippen molar-refractivity contribution in [2.75, 3.05) is 4.90 Å². The monoisotopic (exact) mass is 783 g/mol. The molecule has 9 aromatic carbocycles. The molecule has 60 heavy (non-hydrogen) atoms. The van der Waals surface area contributed by atoms with Gasteiger partial charge in [-0.15, -0.1) is 11.3 Å². The van der Waals surface area contributed by atoms with Crippen LogP contribution in [0.4, 0.5) is 17.1 Å². The predicted molar refractivity (Wildman–Crippen MR) is 254 cm³/mol. The van der Waals surface area contributed by atoms with Crippen LogP contribution in [-0.2, 0) is 10.8 Å². The highest BCUT2D eigenvalue weighted by molar-refractivity contribution is 7.26. The number of rotatable bonds is 6. The van der Waals surface area contributed by atoms with E-state index in [0.717, 1.165) is 17.1 Å². The lowest BCUT2D eigenvalue weighted by Crippen LogP contribution is -2.28. The van der Waals surface area contributed by atoms with Gasteiger partial charge in [-0.05, 0) is 109 Å². The molecule has 0 radical (unpaired) electrons. The smallest absolute Gasteiger partial charge is 0.0714 e. The first kappa shape index (κ1) is 35.0. The summed E-state index contributed by atoms with van der Waals surface area (Å²) in [6.07, 6.45) is 0. The summed E-state index contributed by atoms with van der Waals surface area (Å²) in [4.78, 5) is 2.48. The van der Waals surface area contributed by atoms with Crippen molar-refractivity contribution in [3.8, 4) is 33.4 Å². The molecule has 0 fully saturated rings. The number of thiophene rings is 1. The van der Waals surface area contributed by atoms with Crippen molar-refractivity contribution in [1.29, 1.82) is 0 Å². The van der Waals surface area contributed by atoms with Gasteiger partial charge in [-0.1, -0.05) is 184 Å². The maximum atomic E-state index is 2.48. The topological polar surface area (TPSA) is 3.24 Å². The summed E-state index contributed by atoms with van der Waals surface area (Å²) in [6, 6.07) is 79.2. The Kier molecular flexibility index (Phi) is 7.73. The standard InChI is InChI=1S/C58H41NS/c1-57(2)51-25-12-9-20-45(51)47-34-32-42(36-53(47)57)59(41-30-28-38(29-31-41)44-23-15-24-50-49-22-11-14-27-55(49)60-56(44)50)43-33-35-48-46-21-10-13-26-52(46)58(54(48)37-43,39-16-5-3-6-17-39)40-18-7-4-8-19-40/h3-37H,1-2H3. The van der Waals surface area contributed by atoms with Gasteiger partial charge >= 0.3 is 0 Å². The van der Waals surface area contributed by atoms with Gasteiger partial charge in [-0.3, -0.25) is 0 Å². The second-order valence-corrected chi connectivity index (χ2v) is 17.9. The van der Waals surface area contributed by atoms with Crippen LogP contribution in [0.3, 0.4) is 0 Å². The zero-order valence-corrected chi connectivity index (χ0v) is 34.4. The molecule has 0 aliphatic heterocycles. The second kappa shape index (κ2) is 13.3. The summed E-state index contributed by atoms with van der Waals surface area (Å²) in [6.45, 7) is 4.74. The van der Waals surface area contributed by atoms with Crippen molar-refractivity contribution in [3.63, 3.8) is 0 Å². The average Bonchev–Trinajstić information content (AvgIpc) is 3.91. The first-order chi connectivity index (χ1) is 29.5. The number of anilines is 3. The highest BCUT2D eigenvalue weighted by Crippen LogP contribution is 2.58. The molecule has 1 nitrogen and oxygen atoms in total. The summed E-state index contributed by atoms with van der Waals surface area (Å²) in [5, 5.41) is 2.64. The van der Waals surface area contributed by atoms with Gasteiger partial charge in [0.05, 0.1) is 5.41 Å². The van der Waals surface area contributed by atoms with Crippen LogP contribution >= 0.6 is 11.3 Å². The molecule has 0 unspecified atom stereocenters. The van der Waals surface area contributed by atoms with Gasteiger partial charge in [0.15, 0.2) is 0 Å². The summed E-state index contributed by atoms with van der Waals surface area (Å²) >= 11 is 1.89.